The molecule has 6 nitrogen and oxygen atoms in total. The van der Waals surface area contributed by atoms with Crippen LogP contribution in [-0.4, -0.2) is 31.0 Å². The van der Waals surface area contributed by atoms with Crippen LogP contribution in [0.2, 0.25) is 0 Å². The first kappa shape index (κ1) is 17.8. The molecule has 0 saturated carbocycles. The highest BCUT2D eigenvalue weighted by atomic mass is 32.1. The smallest absolute Gasteiger partial charge is 0.312 e. The van der Waals surface area contributed by atoms with Crippen molar-refractivity contribution in [1.29, 1.82) is 0 Å². The molecule has 128 valence electrons. The molecule has 0 radical (unpaired) electrons. The van der Waals surface area contributed by atoms with Crippen LogP contribution in [0, 0.1) is 0 Å². The van der Waals surface area contributed by atoms with Gasteiger partial charge in [0.15, 0.2) is 0 Å². The van der Waals surface area contributed by atoms with Gasteiger partial charge in [-0.15, -0.1) is 11.3 Å². The number of rotatable bonds is 7. The normalized spacial score (nSPS) is 11.6. The first-order valence-electron chi connectivity index (χ1n) is 7.46. The molecule has 0 aliphatic carbocycles. The minimum absolute atomic E-state index is 0.0713. The summed E-state index contributed by atoms with van der Waals surface area (Å²) in [6, 6.07) is 10.3. The van der Waals surface area contributed by atoms with Crippen molar-refractivity contribution in [2.24, 2.45) is 5.73 Å². The van der Waals surface area contributed by atoms with Gasteiger partial charge >= 0.3 is 6.03 Å². The lowest BCUT2D eigenvalue weighted by molar-refractivity contribution is -0.130. The molecule has 0 spiro atoms. The van der Waals surface area contributed by atoms with Crippen molar-refractivity contribution >= 4 is 23.3 Å². The Hall–Kier alpha value is -2.54. The molecule has 1 aromatic carbocycles. The molecule has 0 aliphatic rings. The number of amides is 3. The van der Waals surface area contributed by atoms with Crippen LogP contribution in [0.25, 0.3) is 0 Å². The van der Waals surface area contributed by atoms with E-state index in [4.69, 9.17) is 10.5 Å². The Morgan fingerprint density at radius 1 is 1.29 bits per heavy atom. The second kappa shape index (κ2) is 8.35. The Kier molecular flexibility index (Phi) is 6.20. The van der Waals surface area contributed by atoms with E-state index in [0.717, 1.165) is 16.2 Å². The van der Waals surface area contributed by atoms with E-state index in [0.29, 0.717) is 6.54 Å². The van der Waals surface area contributed by atoms with Gasteiger partial charge in [0, 0.05) is 18.5 Å². The van der Waals surface area contributed by atoms with Gasteiger partial charge in [-0.3, -0.25) is 4.79 Å². The molecular formula is C17H21N3O3S. The van der Waals surface area contributed by atoms with Crippen LogP contribution < -0.4 is 15.8 Å². The minimum Gasteiger partial charge on any atom is -0.497 e. The number of thiophene rings is 1. The fourth-order valence-electron chi connectivity index (χ4n) is 2.31. The molecule has 0 aliphatic heterocycles. The van der Waals surface area contributed by atoms with E-state index < -0.39 is 12.1 Å². The largest absolute Gasteiger partial charge is 0.497 e. The maximum atomic E-state index is 12.5. The quantitative estimate of drug-likeness (QED) is 0.807. The molecule has 7 heteroatoms. The summed E-state index contributed by atoms with van der Waals surface area (Å²) < 4.78 is 5.12. The summed E-state index contributed by atoms with van der Waals surface area (Å²) in [7, 11) is 3.35. The van der Waals surface area contributed by atoms with Crippen LogP contribution >= 0.6 is 11.3 Å². The summed E-state index contributed by atoms with van der Waals surface area (Å²) in [4.78, 5) is 26.2. The predicted octanol–water partition coefficient (Wildman–Crippen LogP) is 2.51. The zero-order valence-corrected chi connectivity index (χ0v) is 14.5. The summed E-state index contributed by atoms with van der Waals surface area (Å²) in [6.45, 7) is 0.483. The van der Waals surface area contributed by atoms with Gasteiger partial charge in [-0.2, -0.15) is 0 Å². The van der Waals surface area contributed by atoms with E-state index in [1.807, 2.05) is 41.8 Å². The number of carbonyl (C=O) groups is 2. The number of urea groups is 1. The number of benzene rings is 1. The number of nitrogens with zero attached hydrogens (tertiary/aromatic N) is 1. The van der Waals surface area contributed by atoms with Crippen molar-refractivity contribution in [1.82, 2.24) is 10.2 Å². The topological polar surface area (TPSA) is 84.7 Å². The van der Waals surface area contributed by atoms with E-state index in [9.17, 15) is 9.59 Å². The Labute approximate surface area is 145 Å². The third kappa shape index (κ3) is 4.99. The molecule has 2 aromatic rings. The zero-order valence-electron chi connectivity index (χ0n) is 13.7. The number of hydrogen-bond donors (Lipinski definition) is 2. The summed E-state index contributed by atoms with van der Waals surface area (Å²) in [5.74, 6) is 0.703. The molecule has 2 rings (SSSR count). The van der Waals surface area contributed by atoms with Crippen LogP contribution in [0.4, 0.5) is 4.79 Å². The van der Waals surface area contributed by atoms with Gasteiger partial charge in [-0.1, -0.05) is 18.2 Å². The average Bonchev–Trinajstić information content (AvgIpc) is 3.09. The van der Waals surface area contributed by atoms with Crippen LogP contribution in [0.1, 0.15) is 22.9 Å². The molecule has 3 amide bonds. The van der Waals surface area contributed by atoms with Crippen LogP contribution in [0.5, 0.6) is 5.75 Å². The van der Waals surface area contributed by atoms with Gasteiger partial charge in [0.2, 0.25) is 5.91 Å². The van der Waals surface area contributed by atoms with E-state index in [1.54, 1.807) is 19.1 Å². The third-order valence-corrected chi connectivity index (χ3v) is 4.57. The first-order chi connectivity index (χ1) is 11.5. The van der Waals surface area contributed by atoms with E-state index >= 15 is 0 Å². The Balaban J connectivity index is 1.98. The minimum atomic E-state index is -0.640. The monoisotopic (exact) mass is 347 g/mol. The highest BCUT2D eigenvalue weighted by Gasteiger charge is 2.20. The zero-order chi connectivity index (χ0) is 17.5. The fraction of sp³-hybridized carbons (Fsp3) is 0.294. The highest BCUT2D eigenvalue weighted by Crippen LogP contribution is 2.23. The number of nitrogens with two attached hydrogens (primary N) is 1. The second-order valence-corrected chi connectivity index (χ2v) is 6.36. The van der Waals surface area contributed by atoms with Crippen molar-refractivity contribution < 1.29 is 14.3 Å². The Bertz CT molecular complexity index is 671. The summed E-state index contributed by atoms with van der Waals surface area (Å²) >= 11 is 1.48. The maximum absolute atomic E-state index is 12.5. The summed E-state index contributed by atoms with van der Waals surface area (Å²) in [5, 5.41) is 4.53. The maximum Gasteiger partial charge on any atom is 0.312 e. The van der Waals surface area contributed by atoms with Gasteiger partial charge in [0.25, 0.3) is 0 Å². The molecule has 1 heterocycles. The number of methoxy groups -OCH3 is 1. The average molecular weight is 347 g/mol. The summed E-state index contributed by atoms with van der Waals surface area (Å²) in [6.07, 6.45) is 0.163. The Morgan fingerprint density at radius 3 is 2.54 bits per heavy atom. The standard InChI is InChI=1S/C17H21N3O3S/c1-20(11-12-5-7-13(23-2)8-6-12)16(21)10-14(19-17(18)22)15-4-3-9-24-15/h3-9,14H,10-11H2,1-2H3,(H3,18,19,22)/t14-/m0/s1. The lowest BCUT2D eigenvalue weighted by atomic mass is 10.1. The van der Waals surface area contributed by atoms with E-state index in [2.05, 4.69) is 5.32 Å². The Morgan fingerprint density at radius 2 is 2.00 bits per heavy atom. The van der Waals surface area contributed by atoms with E-state index in [-0.39, 0.29) is 12.3 Å². The molecule has 0 bridgehead atoms. The van der Waals surface area contributed by atoms with Gasteiger partial charge in [-0.25, -0.2) is 4.79 Å². The molecule has 0 fully saturated rings. The lowest BCUT2D eigenvalue weighted by Crippen LogP contribution is -2.36. The van der Waals surface area contributed by atoms with Gasteiger partial charge in [-0.05, 0) is 29.1 Å². The first-order valence-corrected chi connectivity index (χ1v) is 8.34. The molecule has 0 saturated heterocycles. The van der Waals surface area contributed by atoms with Crippen molar-refractivity contribution in [3.63, 3.8) is 0 Å². The third-order valence-electron chi connectivity index (χ3n) is 3.59. The van der Waals surface area contributed by atoms with Crippen molar-refractivity contribution in [2.75, 3.05) is 14.2 Å². The van der Waals surface area contributed by atoms with Crippen molar-refractivity contribution in [2.45, 2.75) is 19.0 Å². The number of carbonyl (C=O) groups excluding carboxylic acids is 2. The highest BCUT2D eigenvalue weighted by molar-refractivity contribution is 7.10. The predicted molar refractivity (Wildman–Crippen MR) is 93.9 cm³/mol. The number of ether oxygens (including phenoxy) is 1. The molecule has 1 atom stereocenters. The van der Waals surface area contributed by atoms with Gasteiger partial charge < -0.3 is 20.7 Å². The van der Waals surface area contributed by atoms with Crippen molar-refractivity contribution in [3.05, 3.63) is 52.2 Å². The SMILES string of the molecule is COc1ccc(CN(C)C(=O)C[C@H](NC(N)=O)c2cccs2)cc1. The van der Waals surface area contributed by atoms with Crippen LogP contribution in [-0.2, 0) is 11.3 Å². The molecule has 1 aromatic heterocycles. The van der Waals surface area contributed by atoms with Crippen LogP contribution in [0.3, 0.4) is 0 Å². The number of hydrogen-bond acceptors (Lipinski definition) is 4. The molecule has 24 heavy (non-hydrogen) atoms. The molecule has 3 N–H and O–H groups in total. The van der Waals surface area contributed by atoms with Gasteiger partial charge in [0.05, 0.1) is 19.6 Å². The molecular weight excluding hydrogens is 326 g/mol. The van der Waals surface area contributed by atoms with E-state index in [1.165, 1.54) is 11.3 Å². The van der Waals surface area contributed by atoms with Crippen molar-refractivity contribution in [3.8, 4) is 5.75 Å². The lowest BCUT2D eigenvalue weighted by Gasteiger charge is -2.21. The second-order valence-electron chi connectivity index (χ2n) is 5.38. The fourth-order valence-corrected chi connectivity index (χ4v) is 3.09. The number of nitrogens with one attached hydrogen (secondary N) is 1. The van der Waals surface area contributed by atoms with Crippen LogP contribution in [0.15, 0.2) is 41.8 Å². The molecule has 0 unspecified atom stereocenters. The summed E-state index contributed by atoms with van der Waals surface area (Å²) in [5.41, 5.74) is 6.22. The van der Waals surface area contributed by atoms with Gasteiger partial charge in [0.1, 0.15) is 5.75 Å². The number of primary amides is 1.